The second kappa shape index (κ2) is 3.71. The van der Waals surface area contributed by atoms with Crippen LogP contribution >= 0.6 is 0 Å². The summed E-state index contributed by atoms with van der Waals surface area (Å²) in [7, 11) is -3.93. The molecule has 0 aromatic heterocycles. The van der Waals surface area contributed by atoms with Gasteiger partial charge in [0.1, 0.15) is 0 Å². The fourth-order valence-electron chi connectivity index (χ4n) is 0. The Balaban J connectivity index is 0. The Morgan fingerprint density at radius 2 is 1.25 bits per heavy atom. The molecule has 0 aliphatic rings. The molecule has 0 spiro atoms. The summed E-state index contributed by atoms with van der Waals surface area (Å²) in [5.41, 5.74) is -5.08. The Bertz CT molecular complexity index is 118. The van der Waals surface area contributed by atoms with E-state index in [1.165, 1.54) is 0 Å². The van der Waals surface area contributed by atoms with Gasteiger partial charge in [-0.15, -0.1) is 0 Å². The molecule has 0 atom stereocenters. The Kier molecular flexibility index (Phi) is 5.34. The number of alkyl halides is 3. The third-order valence-corrected chi connectivity index (χ3v) is 0.567. The van der Waals surface area contributed by atoms with E-state index in [1.54, 1.807) is 0 Å². The van der Waals surface area contributed by atoms with Gasteiger partial charge in [0.15, 0.2) is 0 Å². The molecule has 0 rings (SSSR count). The molecule has 0 saturated heterocycles. The molecule has 0 heterocycles. The summed E-state index contributed by atoms with van der Waals surface area (Å²) in [4.78, 5) is 0. The largest absolute Gasteiger partial charge is 1.00 e. The van der Waals surface area contributed by atoms with E-state index in [0.717, 1.165) is 0 Å². The third-order valence-electron chi connectivity index (χ3n) is 0.189. The topological polar surface area (TPSA) is 34.1 Å². The van der Waals surface area contributed by atoms with Gasteiger partial charge in [-0.25, -0.2) is 0 Å². The second-order valence-corrected chi connectivity index (χ2v) is 1.61. The van der Waals surface area contributed by atoms with Crippen LogP contribution in [-0.2, 0) is 19.1 Å². The van der Waals surface area contributed by atoms with Crippen LogP contribution in [0.15, 0.2) is 0 Å². The summed E-state index contributed by atoms with van der Waals surface area (Å²) in [6, 6.07) is 0. The zero-order valence-corrected chi connectivity index (χ0v) is 6.68. The summed E-state index contributed by atoms with van der Waals surface area (Å²) in [6.45, 7) is 0. The Hall–Kier alpha value is 0.740. The van der Waals surface area contributed by atoms with Crippen molar-refractivity contribution in [1.29, 1.82) is 0 Å². The minimum absolute atomic E-state index is 0. The molecule has 2 nitrogen and oxygen atoms in total. The van der Waals surface area contributed by atoms with E-state index >= 15 is 0 Å². The molecule has 8 heavy (non-hydrogen) atoms. The predicted octanol–water partition coefficient (Wildman–Crippen LogP) is -2.18. The maximum absolute atomic E-state index is 10.6. The van der Waals surface area contributed by atoms with Crippen molar-refractivity contribution in [2.75, 3.05) is 0 Å². The van der Waals surface area contributed by atoms with Crippen molar-refractivity contribution in [3.8, 4) is 0 Å². The minimum Gasteiger partial charge on any atom is -0.416 e. The van der Waals surface area contributed by atoms with Crippen LogP contribution in [0.4, 0.5) is 13.2 Å². The van der Waals surface area contributed by atoms with Crippen LogP contribution in [0.3, 0.4) is 0 Å². The molecule has 0 aliphatic heterocycles. The first-order valence-corrected chi connectivity index (χ1v) is 2.18. The maximum atomic E-state index is 10.6. The SMILES string of the molecule is O=[S-](=O)C(F)(F)F.[Na+]. The van der Waals surface area contributed by atoms with Crippen LogP contribution in [0.5, 0.6) is 0 Å². The molecule has 7 heteroatoms. The molecule has 0 aromatic carbocycles. The molecule has 0 aliphatic carbocycles. The van der Waals surface area contributed by atoms with Gasteiger partial charge in [-0.2, -0.15) is 13.2 Å². The summed E-state index contributed by atoms with van der Waals surface area (Å²) >= 11 is 0. The number of halogens is 3. The predicted molar refractivity (Wildman–Crippen MR) is 14.8 cm³/mol. The summed E-state index contributed by atoms with van der Waals surface area (Å²) < 4.78 is 49.5. The average molecular weight is 156 g/mol. The Morgan fingerprint density at radius 1 is 1.12 bits per heavy atom. The van der Waals surface area contributed by atoms with Crippen LogP contribution < -0.4 is 29.6 Å². The van der Waals surface area contributed by atoms with Gasteiger partial charge in [-0.1, -0.05) is 0 Å². The smallest absolute Gasteiger partial charge is 0.416 e. The zero-order valence-electron chi connectivity index (χ0n) is 3.86. The molecule has 0 N–H and O–H groups in total. The number of rotatable bonds is 0. The molecular formula is CF3NaO2S. The van der Waals surface area contributed by atoms with Crippen molar-refractivity contribution < 1.29 is 51.1 Å². The fourth-order valence-corrected chi connectivity index (χ4v) is 0. The maximum Gasteiger partial charge on any atom is 1.00 e. The van der Waals surface area contributed by atoms with Gasteiger partial charge < -0.3 is 8.42 Å². The fraction of sp³-hybridized carbons (Fsp3) is 1.00. The second-order valence-electron chi connectivity index (χ2n) is 0.680. The van der Waals surface area contributed by atoms with E-state index in [9.17, 15) is 13.2 Å². The van der Waals surface area contributed by atoms with Crippen LogP contribution in [-0.4, -0.2) is 5.51 Å². The van der Waals surface area contributed by atoms with Gasteiger partial charge in [-0.05, 0) is 0 Å². The first kappa shape index (κ1) is 11.5. The van der Waals surface area contributed by atoms with E-state index in [1.807, 2.05) is 0 Å². The number of hydrogen-bond acceptors (Lipinski definition) is 3. The molecule has 0 radical (unpaired) electrons. The average Bonchev–Trinajstić information content (AvgIpc) is 1.31. The van der Waals surface area contributed by atoms with Crippen molar-refractivity contribution in [1.82, 2.24) is 0 Å². The van der Waals surface area contributed by atoms with Gasteiger partial charge in [0.05, 0.1) is 0 Å². The standard InChI is InChI=1S/CF3O2S.Na/c2-1(3,4)7(5)6;/q-1;+1. The third kappa shape index (κ3) is 4.89. The molecule has 0 bridgehead atoms. The van der Waals surface area contributed by atoms with Gasteiger partial charge in [0.25, 0.3) is 0 Å². The van der Waals surface area contributed by atoms with Crippen molar-refractivity contribution in [2.45, 2.75) is 5.51 Å². The summed E-state index contributed by atoms with van der Waals surface area (Å²) in [5, 5.41) is 0. The molecule has 0 aromatic rings. The van der Waals surface area contributed by atoms with Gasteiger partial charge in [-0.3, -0.25) is 0 Å². The van der Waals surface area contributed by atoms with Crippen LogP contribution in [0.1, 0.15) is 0 Å². The Labute approximate surface area is 67.3 Å². The molecule has 0 saturated carbocycles. The summed E-state index contributed by atoms with van der Waals surface area (Å²) in [6.07, 6.45) is 0. The summed E-state index contributed by atoms with van der Waals surface area (Å²) in [5.74, 6) is 0. The van der Waals surface area contributed by atoms with Crippen molar-refractivity contribution >= 4 is 10.7 Å². The molecule has 44 valence electrons. The van der Waals surface area contributed by atoms with Crippen molar-refractivity contribution in [2.24, 2.45) is 0 Å². The quantitative estimate of drug-likeness (QED) is 0.295. The van der Waals surface area contributed by atoms with E-state index in [-0.39, 0.29) is 29.6 Å². The Morgan fingerprint density at radius 3 is 1.25 bits per heavy atom. The first-order chi connectivity index (χ1) is 2.94. The van der Waals surface area contributed by atoms with Gasteiger partial charge >= 0.3 is 35.1 Å². The molecule has 0 fully saturated rings. The normalized spacial score (nSPS) is 11.0. The van der Waals surface area contributed by atoms with Crippen molar-refractivity contribution in [3.05, 3.63) is 0 Å². The first-order valence-electron chi connectivity index (χ1n) is 1.10. The van der Waals surface area contributed by atoms with Crippen LogP contribution in [0, 0.1) is 0 Å². The van der Waals surface area contributed by atoms with E-state index in [4.69, 9.17) is 8.42 Å². The number of hydrogen-bond donors (Lipinski definition) is 0. The molecular weight excluding hydrogens is 156 g/mol. The van der Waals surface area contributed by atoms with Gasteiger partial charge in [0, 0.05) is 10.7 Å². The monoisotopic (exact) mass is 156 g/mol. The van der Waals surface area contributed by atoms with Crippen molar-refractivity contribution in [3.63, 3.8) is 0 Å². The van der Waals surface area contributed by atoms with E-state index in [2.05, 4.69) is 0 Å². The molecule has 0 unspecified atom stereocenters. The van der Waals surface area contributed by atoms with E-state index < -0.39 is 16.2 Å². The van der Waals surface area contributed by atoms with E-state index in [0.29, 0.717) is 0 Å². The van der Waals surface area contributed by atoms with Gasteiger partial charge in [0.2, 0.25) is 0 Å². The minimum atomic E-state index is -5.08. The zero-order chi connectivity index (χ0) is 6.08. The molecule has 0 amide bonds. The van der Waals surface area contributed by atoms with Crippen LogP contribution in [0.25, 0.3) is 0 Å². The van der Waals surface area contributed by atoms with Crippen LogP contribution in [0.2, 0.25) is 0 Å².